The molecule has 4 saturated heterocycles. The van der Waals surface area contributed by atoms with Gasteiger partial charge in [-0.3, -0.25) is 24.2 Å². The van der Waals surface area contributed by atoms with E-state index in [1.165, 1.54) is 25.0 Å². The second kappa shape index (κ2) is 14.5. The minimum atomic E-state index is -0.293. The van der Waals surface area contributed by atoms with E-state index in [9.17, 15) is 18.8 Å². The molecule has 1 saturated carbocycles. The maximum absolute atomic E-state index is 14.5. The number of aryl methyl sites for hydroxylation is 1. The summed E-state index contributed by atoms with van der Waals surface area (Å²) in [7, 11) is 0. The third kappa shape index (κ3) is 6.91. The number of nitrogens with one attached hydrogen (secondary N) is 1. The SMILES string of the molecule is Cc1sc2nc1CC(=O)N[C@@H]1C[C@@H](C(=O)N3CCC(CC3)N3C[C@@H](n4cc(-c5ccc(F)cc5)nn4)C[C@H]3C(=O)N3CCC2CC3)N(C2CCCC2)C1. The van der Waals surface area contributed by atoms with E-state index in [0.29, 0.717) is 63.8 Å². The van der Waals surface area contributed by atoms with Gasteiger partial charge in [-0.2, -0.15) is 0 Å². The van der Waals surface area contributed by atoms with Gasteiger partial charge < -0.3 is 15.1 Å². The van der Waals surface area contributed by atoms with Gasteiger partial charge in [0, 0.05) is 73.8 Å². The molecule has 11 rings (SSSR count). The van der Waals surface area contributed by atoms with E-state index in [4.69, 9.17) is 4.98 Å². The van der Waals surface area contributed by atoms with Gasteiger partial charge in [-0.15, -0.1) is 16.4 Å². The van der Waals surface area contributed by atoms with E-state index in [-0.39, 0.29) is 66.1 Å². The molecule has 0 unspecified atom stereocenters. The first-order valence-electron chi connectivity index (χ1n) is 19.8. The van der Waals surface area contributed by atoms with E-state index < -0.39 is 0 Å². The summed E-state index contributed by atoms with van der Waals surface area (Å²) in [6.07, 6.45) is 11.4. The van der Waals surface area contributed by atoms with Gasteiger partial charge in [-0.25, -0.2) is 14.1 Å². The fourth-order valence-corrected chi connectivity index (χ4v) is 11.2. The summed E-state index contributed by atoms with van der Waals surface area (Å²) in [5.41, 5.74) is 2.33. The lowest BCUT2D eigenvalue weighted by Gasteiger charge is -2.42. The van der Waals surface area contributed by atoms with E-state index >= 15 is 0 Å². The highest BCUT2D eigenvalue weighted by Gasteiger charge is 2.47. The number of aromatic nitrogens is 4. The standard InChI is InChI=1S/C39H50FN9O3S/c1-24-32-20-36(50)41-28-18-34(47(21-28)29-4-2-3-5-29)38(51)46-16-12-30(13-17-46)48-22-31(49-23-33(43-44-49)25-6-8-27(40)9-7-25)19-35(48)39(52)45-14-10-26(11-15-45)37(42-32)53-24/h6-9,23,26,28-31,34-35H,2-5,10-22H2,1H3,(H,41,50)/t28-,31+,34+,35+/m1/s1. The number of fused-ring (bicyclic) bond motifs is 2. The number of nitrogens with zero attached hydrogens (tertiary/aromatic N) is 8. The zero-order valence-corrected chi connectivity index (χ0v) is 31.4. The van der Waals surface area contributed by atoms with Crippen LogP contribution < -0.4 is 5.32 Å². The van der Waals surface area contributed by atoms with Crippen molar-refractivity contribution >= 4 is 29.1 Å². The van der Waals surface area contributed by atoms with Crippen LogP contribution in [-0.2, 0) is 20.8 Å². The van der Waals surface area contributed by atoms with Crippen LogP contribution in [0.2, 0.25) is 0 Å². The Hall–Kier alpha value is -3.75. The number of halogens is 1. The molecule has 14 heteroatoms. The van der Waals surface area contributed by atoms with E-state index in [1.54, 1.807) is 23.5 Å². The highest BCUT2D eigenvalue weighted by molar-refractivity contribution is 7.11. The third-order valence-electron chi connectivity index (χ3n) is 13.0. The van der Waals surface area contributed by atoms with Crippen LogP contribution >= 0.6 is 11.3 Å². The number of carbonyl (C=O) groups excluding carboxylic acids is 3. The molecule has 53 heavy (non-hydrogen) atoms. The molecular formula is C39H50FN9O3S. The molecule has 1 N–H and O–H groups in total. The van der Waals surface area contributed by atoms with Crippen molar-refractivity contribution in [3.8, 4) is 11.3 Å². The predicted molar refractivity (Wildman–Crippen MR) is 198 cm³/mol. The summed E-state index contributed by atoms with van der Waals surface area (Å²) in [6, 6.07) is 6.25. The van der Waals surface area contributed by atoms with Crippen LogP contribution in [0.15, 0.2) is 30.5 Å². The number of hydrogen-bond donors (Lipinski definition) is 1. The van der Waals surface area contributed by atoms with E-state index in [1.807, 2.05) is 15.8 Å². The number of rotatable bonds is 3. The summed E-state index contributed by atoms with van der Waals surface area (Å²) in [5.74, 6) is 0.318. The predicted octanol–water partition coefficient (Wildman–Crippen LogP) is 3.92. The van der Waals surface area contributed by atoms with Crippen LogP contribution in [0.3, 0.4) is 0 Å². The summed E-state index contributed by atoms with van der Waals surface area (Å²) in [4.78, 5) is 57.3. The molecule has 9 heterocycles. The van der Waals surface area contributed by atoms with Crippen LogP contribution in [0.25, 0.3) is 11.3 Å². The minimum absolute atomic E-state index is 0.0157. The first-order valence-corrected chi connectivity index (χ1v) is 20.6. The second-order valence-electron chi connectivity index (χ2n) is 16.2. The average molecular weight is 744 g/mol. The van der Waals surface area contributed by atoms with Gasteiger partial charge in [0.1, 0.15) is 11.5 Å². The molecule has 3 amide bonds. The number of benzene rings is 1. The maximum Gasteiger partial charge on any atom is 0.240 e. The van der Waals surface area contributed by atoms with Crippen molar-refractivity contribution in [3.63, 3.8) is 0 Å². The fraction of sp³-hybridized carbons (Fsp3) is 0.641. The summed E-state index contributed by atoms with van der Waals surface area (Å²) in [5, 5.41) is 13.3. The lowest BCUT2D eigenvalue weighted by molar-refractivity contribution is -0.141. The average Bonchev–Trinajstić information content (AvgIpc) is 4.02. The number of likely N-dealkylation sites (tertiary alicyclic amines) is 1. The van der Waals surface area contributed by atoms with Gasteiger partial charge in [0.25, 0.3) is 0 Å². The third-order valence-corrected chi connectivity index (χ3v) is 14.2. The molecule has 2 aromatic heterocycles. The molecule has 5 fully saturated rings. The molecule has 4 atom stereocenters. The highest BCUT2D eigenvalue weighted by atomic mass is 32.1. The minimum Gasteiger partial charge on any atom is -0.352 e. The smallest absolute Gasteiger partial charge is 0.240 e. The largest absolute Gasteiger partial charge is 0.352 e. The van der Waals surface area contributed by atoms with Crippen molar-refractivity contribution in [1.82, 2.24) is 44.9 Å². The molecule has 8 bridgehead atoms. The Labute approximate surface area is 314 Å². The topological polar surface area (TPSA) is 120 Å². The van der Waals surface area contributed by atoms with Gasteiger partial charge in [0.2, 0.25) is 17.7 Å². The van der Waals surface area contributed by atoms with Gasteiger partial charge in [-0.1, -0.05) is 18.1 Å². The summed E-state index contributed by atoms with van der Waals surface area (Å²) < 4.78 is 15.5. The lowest BCUT2D eigenvalue weighted by atomic mass is 9.96. The molecule has 1 aromatic carbocycles. The Morgan fingerprint density at radius 3 is 2.15 bits per heavy atom. The Bertz CT molecular complexity index is 1830. The van der Waals surface area contributed by atoms with Crippen molar-refractivity contribution in [3.05, 3.63) is 51.9 Å². The number of carbonyl (C=O) groups is 3. The molecule has 282 valence electrons. The zero-order valence-electron chi connectivity index (χ0n) is 30.5. The Morgan fingerprint density at radius 2 is 1.43 bits per heavy atom. The molecule has 12 nitrogen and oxygen atoms in total. The molecule has 7 aliphatic heterocycles. The second-order valence-corrected chi connectivity index (χ2v) is 17.5. The lowest BCUT2D eigenvalue weighted by Crippen LogP contribution is -2.55. The normalized spacial score (nSPS) is 30.6. The van der Waals surface area contributed by atoms with Crippen LogP contribution in [0.5, 0.6) is 0 Å². The molecule has 1 aliphatic carbocycles. The van der Waals surface area contributed by atoms with E-state index in [2.05, 4.69) is 37.3 Å². The van der Waals surface area contributed by atoms with Crippen LogP contribution in [-0.4, -0.2) is 127 Å². The van der Waals surface area contributed by atoms with Gasteiger partial charge in [0.15, 0.2) is 0 Å². The number of amides is 3. The Kier molecular flexibility index (Phi) is 9.56. The molecule has 0 radical (unpaired) electrons. The van der Waals surface area contributed by atoms with E-state index in [0.717, 1.165) is 59.7 Å². The summed E-state index contributed by atoms with van der Waals surface area (Å²) in [6.45, 7) is 6.13. The molecule has 0 spiro atoms. The zero-order chi connectivity index (χ0) is 36.2. The van der Waals surface area contributed by atoms with Crippen LogP contribution in [0.4, 0.5) is 4.39 Å². The first kappa shape index (κ1) is 35.0. The number of thiazole rings is 1. The first-order chi connectivity index (χ1) is 25.8. The number of hydrogen-bond acceptors (Lipinski definition) is 9. The summed E-state index contributed by atoms with van der Waals surface area (Å²) >= 11 is 1.69. The molecule has 8 aliphatic rings. The van der Waals surface area contributed by atoms with Crippen LogP contribution in [0, 0.1) is 12.7 Å². The Morgan fingerprint density at radius 1 is 0.792 bits per heavy atom. The van der Waals surface area contributed by atoms with Crippen molar-refractivity contribution < 1.29 is 18.8 Å². The maximum atomic E-state index is 14.5. The molecule has 3 aromatic rings. The van der Waals surface area contributed by atoms with Gasteiger partial charge >= 0.3 is 0 Å². The highest BCUT2D eigenvalue weighted by Crippen LogP contribution is 2.38. The van der Waals surface area contributed by atoms with Crippen molar-refractivity contribution in [2.45, 2.75) is 120 Å². The van der Waals surface area contributed by atoms with Gasteiger partial charge in [-0.05, 0) is 82.6 Å². The van der Waals surface area contributed by atoms with Crippen molar-refractivity contribution in [2.24, 2.45) is 0 Å². The van der Waals surface area contributed by atoms with Crippen LogP contribution in [0.1, 0.15) is 91.7 Å². The molecular weight excluding hydrogens is 694 g/mol. The van der Waals surface area contributed by atoms with Crippen molar-refractivity contribution in [1.29, 1.82) is 0 Å². The monoisotopic (exact) mass is 743 g/mol. The quantitative estimate of drug-likeness (QED) is 0.429. The fourth-order valence-electron chi connectivity index (χ4n) is 10.1. The van der Waals surface area contributed by atoms with Gasteiger partial charge in [0.05, 0.1) is 41.4 Å². The van der Waals surface area contributed by atoms with Crippen molar-refractivity contribution in [2.75, 3.05) is 39.3 Å². The number of piperidine rings is 2. The Balaban J connectivity index is 0.990.